The van der Waals surface area contributed by atoms with E-state index >= 15 is 0 Å². The summed E-state index contributed by atoms with van der Waals surface area (Å²) >= 11 is 3.31. The second-order valence-corrected chi connectivity index (χ2v) is 4.37. The van der Waals surface area contributed by atoms with Crippen molar-refractivity contribution in [2.75, 3.05) is 0 Å². The summed E-state index contributed by atoms with van der Waals surface area (Å²) in [7, 11) is 1.71. The number of aromatic carboxylic acids is 1. The Morgan fingerprint density at radius 3 is 2.75 bits per heavy atom. The number of carbonyl (C=O) groups is 1. The molecule has 0 aliphatic heterocycles. The number of aryl methyl sites for hydroxylation is 1. The predicted molar refractivity (Wildman–Crippen MR) is 63.8 cm³/mol. The highest BCUT2D eigenvalue weighted by atomic mass is 79.9. The number of hydrogen-bond acceptors (Lipinski definition) is 2. The maximum Gasteiger partial charge on any atom is 0.341 e. The fourth-order valence-electron chi connectivity index (χ4n) is 1.61. The second kappa shape index (κ2) is 3.75. The molecule has 1 aromatic carbocycles. The van der Waals surface area contributed by atoms with Gasteiger partial charge in [0.05, 0.1) is 5.52 Å². The van der Waals surface area contributed by atoms with Gasteiger partial charge in [-0.2, -0.15) is 0 Å². The normalized spacial score (nSPS) is 10.6. The summed E-state index contributed by atoms with van der Waals surface area (Å²) in [6.07, 6.45) is 1.33. The maximum absolute atomic E-state index is 11.8. The molecule has 16 heavy (non-hydrogen) atoms. The van der Waals surface area contributed by atoms with Gasteiger partial charge < -0.3 is 9.67 Å². The predicted octanol–water partition coefficient (Wildman–Crippen LogP) is 2.00. The standard InChI is InChI=1S/C11H8BrNO3/c1-13-5-8(11(15)16)10(14)7-3-2-6(12)4-9(7)13/h2-5H,1H3,(H,15,16). The molecule has 0 amide bonds. The zero-order chi connectivity index (χ0) is 11.9. The van der Waals surface area contributed by atoms with E-state index in [-0.39, 0.29) is 5.56 Å². The molecule has 0 radical (unpaired) electrons. The highest BCUT2D eigenvalue weighted by Crippen LogP contribution is 2.17. The van der Waals surface area contributed by atoms with Crippen LogP contribution in [0.15, 0.2) is 33.7 Å². The number of pyridine rings is 1. The van der Waals surface area contributed by atoms with Crippen LogP contribution in [0.4, 0.5) is 0 Å². The number of rotatable bonds is 1. The van der Waals surface area contributed by atoms with Crippen LogP contribution in [0.2, 0.25) is 0 Å². The number of carboxylic acid groups (broad SMARTS) is 1. The van der Waals surface area contributed by atoms with E-state index in [4.69, 9.17) is 5.11 Å². The number of halogens is 1. The molecule has 4 nitrogen and oxygen atoms in total. The Bertz CT molecular complexity index is 645. The second-order valence-electron chi connectivity index (χ2n) is 3.45. The molecule has 0 aliphatic rings. The van der Waals surface area contributed by atoms with Crippen LogP contribution in [0.5, 0.6) is 0 Å². The summed E-state index contributed by atoms with van der Waals surface area (Å²) in [6.45, 7) is 0. The molecule has 0 fully saturated rings. The van der Waals surface area contributed by atoms with E-state index in [2.05, 4.69) is 15.9 Å². The Labute approximate surface area is 99.3 Å². The highest BCUT2D eigenvalue weighted by Gasteiger charge is 2.12. The van der Waals surface area contributed by atoms with Crippen molar-refractivity contribution in [1.82, 2.24) is 4.57 Å². The van der Waals surface area contributed by atoms with E-state index in [1.54, 1.807) is 29.8 Å². The Balaban J connectivity index is 2.96. The molecular formula is C11H8BrNO3. The van der Waals surface area contributed by atoms with E-state index in [0.29, 0.717) is 10.9 Å². The average molecular weight is 282 g/mol. The van der Waals surface area contributed by atoms with Crippen molar-refractivity contribution >= 4 is 32.8 Å². The molecule has 2 aromatic rings. The molecular weight excluding hydrogens is 274 g/mol. The van der Waals surface area contributed by atoms with E-state index in [1.807, 2.05) is 0 Å². The van der Waals surface area contributed by atoms with Crippen LogP contribution >= 0.6 is 15.9 Å². The number of benzene rings is 1. The largest absolute Gasteiger partial charge is 0.477 e. The summed E-state index contributed by atoms with van der Waals surface area (Å²) < 4.78 is 2.48. The van der Waals surface area contributed by atoms with Gasteiger partial charge in [-0.05, 0) is 18.2 Å². The Kier molecular flexibility index (Phi) is 2.55. The molecule has 1 N–H and O–H groups in total. The first-order valence-electron chi connectivity index (χ1n) is 4.53. The van der Waals surface area contributed by atoms with Gasteiger partial charge in [0.1, 0.15) is 5.56 Å². The van der Waals surface area contributed by atoms with Crippen molar-refractivity contribution in [3.8, 4) is 0 Å². The third-order valence-corrected chi connectivity index (χ3v) is 2.88. The first-order valence-corrected chi connectivity index (χ1v) is 5.32. The van der Waals surface area contributed by atoms with Gasteiger partial charge in [-0.1, -0.05) is 15.9 Å². The van der Waals surface area contributed by atoms with Gasteiger partial charge in [0, 0.05) is 23.1 Å². The fraction of sp³-hybridized carbons (Fsp3) is 0.0909. The minimum Gasteiger partial charge on any atom is -0.477 e. The van der Waals surface area contributed by atoms with E-state index in [1.165, 1.54) is 6.20 Å². The van der Waals surface area contributed by atoms with Gasteiger partial charge in [-0.15, -0.1) is 0 Å². The summed E-state index contributed by atoms with van der Waals surface area (Å²) in [5.41, 5.74) is 0.0368. The number of hydrogen-bond donors (Lipinski definition) is 1. The number of fused-ring (bicyclic) bond motifs is 1. The molecule has 0 saturated carbocycles. The van der Waals surface area contributed by atoms with E-state index in [9.17, 15) is 9.59 Å². The van der Waals surface area contributed by atoms with Crippen molar-refractivity contribution in [3.05, 3.63) is 44.7 Å². The lowest BCUT2D eigenvalue weighted by Crippen LogP contribution is -2.17. The quantitative estimate of drug-likeness (QED) is 0.870. The molecule has 1 aromatic heterocycles. The monoisotopic (exact) mass is 281 g/mol. The topological polar surface area (TPSA) is 59.3 Å². The minimum absolute atomic E-state index is 0.211. The maximum atomic E-state index is 11.8. The van der Waals surface area contributed by atoms with Gasteiger partial charge in [-0.25, -0.2) is 4.79 Å². The van der Waals surface area contributed by atoms with E-state index in [0.717, 1.165) is 4.47 Å². The lowest BCUT2D eigenvalue weighted by molar-refractivity contribution is 0.0695. The molecule has 1 heterocycles. The summed E-state index contributed by atoms with van der Waals surface area (Å²) in [6, 6.07) is 5.12. The first kappa shape index (κ1) is 10.9. The molecule has 0 unspecified atom stereocenters. The van der Waals surface area contributed by atoms with E-state index < -0.39 is 11.4 Å². The smallest absolute Gasteiger partial charge is 0.341 e. The summed E-state index contributed by atoms with van der Waals surface area (Å²) in [5.74, 6) is -1.20. The summed E-state index contributed by atoms with van der Waals surface area (Å²) in [5, 5.41) is 9.29. The molecule has 0 spiro atoms. The number of carboxylic acids is 1. The van der Waals surface area contributed by atoms with Crippen molar-refractivity contribution in [2.45, 2.75) is 0 Å². The highest BCUT2D eigenvalue weighted by molar-refractivity contribution is 9.10. The van der Waals surface area contributed by atoms with Crippen LogP contribution < -0.4 is 5.43 Å². The fourth-order valence-corrected chi connectivity index (χ4v) is 1.96. The minimum atomic E-state index is -1.20. The lowest BCUT2D eigenvalue weighted by Gasteiger charge is -2.06. The molecule has 0 aliphatic carbocycles. The van der Waals surface area contributed by atoms with Gasteiger partial charge in [0.2, 0.25) is 5.43 Å². The van der Waals surface area contributed by atoms with Crippen molar-refractivity contribution < 1.29 is 9.90 Å². The molecule has 0 bridgehead atoms. The third kappa shape index (κ3) is 1.63. The van der Waals surface area contributed by atoms with Gasteiger partial charge in [-0.3, -0.25) is 4.79 Å². The van der Waals surface area contributed by atoms with Crippen LogP contribution in [0, 0.1) is 0 Å². The third-order valence-electron chi connectivity index (χ3n) is 2.38. The van der Waals surface area contributed by atoms with Gasteiger partial charge in [0.15, 0.2) is 0 Å². The van der Waals surface area contributed by atoms with Gasteiger partial charge >= 0.3 is 5.97 Å². The van der Waals surface area contributed by atoms with Crippen LogP contribution in [0.1, 0.15) is 10.4 Å². The molecule has 0 saturated heterocycles. The summed E-state index contributed by atoms with van der Waals surface area (Å²) in [4.78, 5) is 22.7. The zero-order valence-corrected chi connectivity index (χ0v) is 9.98. The van der Waals surface area contributed by atoms with Crippen molar-refractivity contribution in [2.24, 2.45) is 7.05 Å². The molecule has 2 rings (SSSR count). The lowest BCUT2D eigenvalue weighted by atomic mass is 10.1. The Morgan fingerprint density at radius 2 is 2.12 bits per heavy atom. The van der Waals surface area contributed by atoms with Gasteiger partial charge in [0.25, 0.3) is 0 Å². The Hall–Kier alpha value is -1.62. The molecule has 5 heteroatoms. The first-order chi connectivity index (χ1) is 7.50. The van der Waals surface area contributed by atoms with Crippen LogP contribution in [0.25, 0.3) is 10.9 Å². The average Bonchev–Trinajstić information content (AvgIpc) is 2.22. The molecule has 0 atom stereocenters. The van der Waals surface area contributed by atoms with Crippen LogP contribution in [-0.2, 0) is 7.05 Å². The zero-order valence-electron chi connectivity index (χ0n) is 8.40. The van der Waals surface area contributed by atoms with Crippen LogP contribution in [-0.4, -0.2) is 15.6 Å². The SMILES string of the molecule is Cn1cc(C(=O)O)c(=O)c2ccc(Br)cc21. The van der Waals surface area contributed by atoms with Crippen molar-refractivity contribution in [1.29, 1.82) is 0 Å². The number of nitrogens with zero attached hydrogens (tertiary/aromatic N) is 1. The molecule has 82 valence electrons. The number of aromatic nitrogens is 1. The van der Waals surface area contributed by atoms with Crippen LogP contribution in [0.3, 0.4) is 0 Å². The van der Waals surface area contributed by atoms with Crippen molar-refractivity contribution in [3.63, 3.8) is 0 Å². The Morgan fingerprint density at radius 1 is 1.44 bits per heavy atom.